The van der Waals surface area contributed by atoms with Crippen LogP contribution in [-0.4, -0.2) is 24.9 Å². The zero-order chi connectivity index (χ0) is 9.68. The lowest BCUT2D eigenvalue weighted by atomic mass is 9.78. The van der Waals surface area contributed by atoms with Gasteiger partial charge in [0, 0.05) is 19.8 Å². The summed E-state index contributed by atoms with van der Waals surface area (Å²) in [6.07, 6.45) is 3.41. The van der Waals surface area contributed by atoms with Crippen LogP contribution in [0.3, 0.4) is 0 Å². The zero-order valence-corrected chi connectivity index (χ0v) is 8.83. The van der Waals surface area contributed by atoms with Crippen LogP contribution in [-0.2, 0) is 4.74 Å². The minimum Gasteiger partial charge on any atom is -0.396 e. The maximum atomic E-state index is 8.98. The normalized spacial score (nSPS) is 26.3. The lowest BCUT2D eigenvalue weighted by molar-refractivity contribution is 0.0137. The van der Waals surface area contributed by atoms with Gasteiger partial charge >= 0.3 is 0 Å². The monoisotopic (exact) mass is 186 g/mol. The third kappa shape index (κ3) is 3.28. The van der Waals surface area contributed by atoms with E-state index in [2.05, 4.69) is 13.8 Å². The molecule has 78 valence electrons. The predicted octanol–water partition coefficient (Wildman–Crippen LogP) is 2.07. The summed E-state index contributed by atoms with van der Waals surface area (Å²) in [5, 5.41) is 8.98. The molecule has 1 heterocycles. The van der Waals surface area contributed by atoms with E-state index in [0.717, 1.165) is 19.6 Å². The predicted molar refractivity (Wildman–Crippen MR) is 53.6 cm³/mol. The topological polar surface area (TPSA) is 29.5 Å². The van der Waals surface area contributed by atoms with Crippen LogP contribution in [0.2, 0.25) is 0 Å². The van der Waals surface area contributed by atoms with Crippen LogP contribution in [0.5, 0.6) is 0 Å². The molecule has 2 atom stereocenters. The van der Waals surface area contributed by atoms with Gasteiger partial charge in [-0.3, -0.25) is 0 Å². The highest BCUT2D eigenvalue weighted by molar-refractivity contribution is 4.74. The van der Waals surface area contributed by atoms with Crippen molar-refractivity contribution in [1.82, 2.24) is 0 Å². The first-order chi connectivity index (χ1) is 6.25. The largest absolute Gasteiger partial charge is 0.396 e. The van der Waals surface area contributed by atoms with Gasteiger partial charge in [-0.2, -0.15) is 0 Å². The first-order valence-corrected chi connectivity index (χ1v) is 5.44. The van der Waals surface area contributed by atoms with E-state index < -0.39 is 0 Å². The summed E-state index contributed by atoms with van der Waals surface area (Å²) in [5.74, 6) is 1.99. The third-order valence-electron chi connectivity index (χ3n) is 3.12. The van der Waals surface area contributed by atoms with Crippen molar-refractivity contribution in [2.24, 2.45) is 17.8 Å². The SMILES string of the molecule is CC(C)C(CCO)C1CCCOC1. The first-order valence-electron chi connectivity index (χ1n) is 5.44. The Morgan fingerprint density at radius 1 is 1.46 bits per heavy atom. The van der Waals surface area contributed by atoms with Crippen LogP contribution in [0.4, 0.5) is 0 Å². The Balaban J connectivity index is 2.41. The summed E-state index contributed by atoms with van der Waals surface area (Å²) in [4.78, 5) is 0. The molecule has 0 spiro atoms. The van der Waals surface area contributed by atoms with Crippen molar-refractivity contribution in [3.63, 3.8) is 0 Å². The van der Waals surface area contributed by atoms with E-state index in [1.807, 2.05) is 0 Å². The first kappa shape index (κ1) is 11.0. The highest BCUT2D eigenvalue weighted by Crippen LogP contribution is 2.30. The summed E-state index contributed by atoms with van der Waals surface area (Å²) in [6.45, 7) is 6.65. The summed E-state index contributed by atoms with van der Waals surface area (Å²) in [5.41, 5.74) is 0. The maximum absolute atomic E-state index is 8.98. The van der Waals surface area contributed by atoms with Crippen LogP contribution in [0.25, 0.3) is 0 Å². The molecule has 0 aromatic heterocycles. The van der Waals surface area contributed by atoms with Gasteiger partial charge < -0.3 is 9.84 Å². The quantitative estimate of drug-likeness (QED) is 0.728. The average molecular weight is 186 g/mol. The van der Waals surface area contributed by atoms with E-state index in [1.165, 1.54) is 12.8 Å². The Hall–Kier alpha value is -0.0800. The summed E-state index contributed by atoms with van der Waals surface area (Å²) >= 11 is 0. The molecule has 13 heavy (non-hydrogen) atoms. The molecule has 1 rings (SSSR count). The van der Waals surface area contributed by atoms with Gasteiger partial charge in [0.15, 0.2) is 0 Å². The lowest BCUT2D eigenvalue weighted by Crippen LogP contribution is -2.29. The summed E-state index contributed by atoms with van der Waals surface area (Å²) in [6, 6.07) is 0. The van der Waals surface area contributed by atoms with Gasteiger partial charge in [-0.25, -0.2) is 0 Å². The number of aliphatic hydroxyl groups is 1. The van der Waals surface area contributed by atoms with Crippen molar-refractivity contribution in [1.29, 1.82) is 0 Å². The second-order valence-corrected chi connectivity index (χ2v) is 4.40. The zero-order valence-electron chi connectivity index (χ0n) is 8.83. The molecule has 2 unspecified atom stereocenters. The molecule has 1 aliphatic heterocycles. The molecule has 1 saturated heterocycles. The fraction of sp³-hybridized carbons (Fsp3) is 1.00. The molecule has 1 aliphatic rings. The van der Waals surface area contributed by atoms with Gasteiger partial charge in [-0.1, -0.05) is 13.8 Å². The van der Waals surface area contributed by atoms with E-state index in [1.54, 1.807) is 0 Å². The summed E-state index contributed by atoms with van der Waals surface area (Å²) in [7, 11) is 0. The van der Waals surface area contributed by atoms with Crippen LogP contribution < -0.4 is 0 Å². The number of hydrogen-bond donors (Lipinski definition) is 1. The highest BCUT2D eigenvalue weighted by atomic mass is 16.5. The highest BCUT2D eigenvalue weighted by Gasteiger charge is 2.25. The molecule has 0 radical (unpaired) electrons. The van der Waals surface area contributed by atoms with E-state index in [-0.39, 0.29) is 0 Å². The van der Waals surface area contributed by atoms with E-state index in [4.69, 9.17) is 9.84 Å². The second-order valence-electron chi connectivity index (χ2n) is 4.40. The van der Waals surface area contributed by atoms with Crippen molar-refractivity contribution >= 4 is 0 Å². The van der Waals surface area contributed by atoms with Gasteiger partial charge in [0.2, 0.25) is 0 Å². The van der Waals surface area contributed by atoms with Crippen LogP contribution in [0, 0.1) is 17.8 Å². The van der Waals surface area contributed by atoms with E-state index >= 15 is 0 Å². The molecule has 0 saturated carbocycles. The lowest BCUT2D eigenvalue weighted by Gasteiger charge is -2.32. The fourth-order valence-corrected chi connectivity index (χ4v) is 2.37. The van der Waals surface area contributed by atoms with Gasteiger partial charge in [-0.05, 0) is 37.0 Å². The average Bonchev–Trinajstić information content (AvgIpc) is 2.15. The molecule has 2 heteroatoms. The Bertz CT molecular complexity index is 128. The molecule has 0 aromatic carbocycles. The van der Waals surface area contributed by atoms with E-state index in [0.29, 0.717) is 24.4 Å². The smallest absolute Gasteiger partial charge is 0.0497 e. The Morgan fingerprint density at radius 2 is 2.23 bits per heavy atom. The van der Waals surface area contributed by atoms with E-state index in [9.17, 15) is 0 Å². The van der Waals surface area contributed by atoms with Crippen molar-refractivity contribution in [3.8, 4) is 0 Å². The van der Waals surface area contributed by atoms with Gasteiger partial charge in [0.25, 0.3) is 0 Å². The molecule has 0 amide bonds. The van der Waals surface area contributed by atoms with Crippen molar-refractivity contribution in [2.75, 3.05) is 19.8 Å². The Kier molecular flexibility index (Phi) is 4.74. The Labute approximate surface area is 81.3 Å². The van der Waals surface area contributed by atoms with Gasteiger partial charge in [0.1, 0.15) is 0 Å². The van der Waals surface area contributed by atoms with Crippen LogP contribution in [0.15, 0.2) is 0 Å². The molecule has 1 fully saturated rings. The standard InChI is InChI=1S/C11H22O2/c1-9(2)11(5-6-12)10-4-3-7-13-8-10/h9-12H,3-8H2,1-2H3. The second kappa shape index (κ2) is 5.61. The number of hydrogen-bond acceptors (Lipinski definition) is 2. The fourth-order valence-electron chi connectivity index (χ4n) is 2.37. The molecule has 0 aromatic rings. The number of aliphatic hydroxyl groups excluding tert-OH is 1. The van der Waals surface area contributed by atoms with Crippen molar-refractivity contribution < 1.29 is 9.84 Å². The molecule has 1 N–H and O–H groups in total. The van der Waals surface area contributed by atoms with Crippen LogP contribution >= 0.6 is 0 Å². The minimum absolute atomic E-state index is 0.319. The molecular weight excluding hydrogens is 164 g/mol. The molecule has 0 aliphatic carbocycles. The minimum atomic E-state index is 0.319. The molecule has 0 bridgehead atoms. The van der Waals surface area contributed by atoms with Crippen molar-refractivity contribution in [2.45, 2.75) is 33.1 Å². The van der Waals surface area contributed by atoms with Gasteiger partial charge in [-0.15, -0.1) is 0 Å². The number of rotatable bonds is 4. The third-order valence-corrected chi connectivity index (χ3v) is 3.12. The van der Waals surface area contributed by atoms with Crippen molar-refractivity contribution in [3.05, 3.63) is 0 Å². The number of ether oxygens (including phenoxy) is 1. The maximum Gasteiger partial charge on any atom is 0.0497 e. The summed E-state index contributed by atoms with van der Waals surface area (Å²) < 4.78 is 5.48. The van der Waals surface area contributed by atoms with Gasteiger partial charge in [0.05, 0.1) is 0 Å². The van der Waals surface area contributed by atoms with Crippen LogP contribution in [0.1, 0.15) is 33.1 Å². The molecule has 2 nitrogen and oxygen atoms in total. The Morgan fingerprint density at radius 3 is 2.69 bits per heavy atom. The molecular formula is C11H22O2.